The minimum absolute atomic E-state index is 0.284. The van der Waals surface area contributed by atoms with Crippen LogP contribution in [0.25, 0.3) is 0 Å². The fourth-order valence-corrected chi connectivity index (χ4v) is 4.34. The molecule has 1 heterocycles. The van der Waals surface area contributed by atoms with Crippen molar-refractivity contribution in [3.05, 3.63) is 26.6 Å². The number of nitrogens with one attached hydrogen (secondary N) is 1. The zero-order chi connectivity index (χ0) is 13.9. The van der Waals surface area contributed by atoms with E-state index in [1.54, 1.807) is 0 Å². The highest BCUT2D eigenvalue weighted by Crippen LogP contribution is 2.37. The molecule has 0 amide bonds. The molecule has 1 aliphatic heterocycles. The van der Waals surface area contributed by atoms with Crippen LogP contribution in [0.1, 0.15) is 38.7 Å². The van der Waals surface area contributed by atoms with E-state index in [0.717, 1.165) is 27.7 Å². The Morgan fingerprint density at radius 2 is 1.95 bits per heavy atom. The summed E-state index contributed by atoms with van der Waals surface area (Å²) < 4.78 is 7.70. The summed E-state index contributed by atoms with van der Waals surface area (Å²) in [6.45, 7) is 6.10. The quantitative estimate of drug-likeness (QED) is 0.787. The molecule has 0 saturated carbocycles. The van der Waals surface area contributed by atoms with E-state index in [2.05, 4.69) is 56.2 Å². The average molecular weight is 391 g/mol. The smallest absolute Gasteiger partial charge is 0.147 e. The molecule has 106 valence electrons. The van der Waals surface area contributed by atoms with Gasteiger partial charge < -0.3 is 10.1 Å². The molecule has 19 heavy (non-hydrogen) atoms. The Bertz CT molecular complexity index is 419. The third-order valence-corrected chi connectivity index (χ3v) is 5.08. The van der Waals surface area contributed by atoms with Gasteiger partial charge in [-0.25, -0.2) is 0 Å². The molecule has 1 unspecified atom stereocenters. The molecule has 0 aliphatic carbocycles. The first kappa shape index (κ1) is 15.3. The summed E-state index contributed by atoms with van der Waals surface area (Å²) in [6.07, 6.45) is 4.81. The highest BCUT2D eigenvalue weighted by Gasteiger charge is 2.31. The third-order valence-electron chi connectivity index (χ3n) is 3.90. The molecule has 2 nitrogen and oxygen atoms in total. The first-order valence-corrected chi connectivity index (χ1v) is 8.54. The van der Waals surface area contributed by atoms with Crippen molar-refractivity contribution in [1.82, 2.24) is 5.32 Å². The Morgan fingerprint density at radius 1 is 1.26 bits per heavy atom. The second kappa shape index (κ2) is 6.59. The molecule has 0 bridgehead atoms. The molecule has 1 fully saturated rings. The SMILES string of the molecule is CCOc1c(Br)cc(CC2(CC)CCCN2)cc1Br. The Morgan fingerprint density at radius 3 is 2.42 bits per heavy atom. The molecule has 1 saturated heterocycles. The minimum Gasteiger partial charge on any atom is -0.492 e. The van der Waals surface area contributed by atoms with E-state index in [1.165, 1.54) is 24.8 Å². The number of ether oxygens (including phenoxy) is 1. The van der Waals surface area contributed by atoms with E-state index in [9.17, 15) is 0 Å². The van der Waals surface area contributed by atoms with E-state index < -0.39 is 0 Å². The summed E-state index contributed by atoms with van der Waals surface area (Å²) in [5.41, 5.74) is 1.63. The van der Waals surface area contributed by atoms with Crippen LogP contribution in [0.15, 0.2) is 21.1 Å². The summed E-state index contributed by atoms with van der Waals surface area (Å²) in [7, 11) is 0. The first-order valence-electron chi connectivity index (χ1n) is 6.96. The van der Waals surface area contributed by atoms with Crippen LogP contribution in [0, 0.1) is 0 Å². The van der Waals surface area contributed by atoms with Crippen molar-refractivity contribution in [2.75, 3.05) is 13.2 Å². The second-order valence-corrected chi connectivity index (χ2v) is 6.87. The van der Waals surface area contributed by atoms with Crippen molar-refractivity contribution in [2.24, 2.45) is 0 Å². The molecule has 0 radical (unpaired) electrons. The third kappa shape index (κ3) is 3.53. The molecular weight excluding hydrogens is 370 g/mol. The first-order chi connectivity index (χ1) is 9.10. The Kier molecular flexibility index (Phi) is 5.32. The van der Waals surface area contributed by atoms with Crippen molar-refractivity contribution < 1.29 is 4.74 Å². The standard InChI is InChI=1S/C15H21Br2NO/c1-3-15(6-5-7-18-15)10-11-8-12(16)14(19-4-2)13(17)9-11/h8-9,18H,3-7,10H2,1-2H3. The lowest BCUT2D eigenvalue weighted by Crippen LogP contribution is -2.41. The maximum absolute atomic E-state index is 5.63. The topological polar surface area (TPSA) is 21.3 Å². The lowest BCUT2D eigenvalue weighted by molar-refractivity contribution is 0.335. The zero-order valence-corrected chi connectivity index (χ0v) is 14.7. The van der Waals surface area contributed by atoms with Crippen molar-refractivity contribution in [2.45, 2.75) is 45.1 Å². The van der Waals surface area contributed by atoms with E-state index in [1.807, 2.05) is 6.92 Å². The van der Waals surface area contributed by atoms with Gasteiger partial charge >= 0.3 is 0 Å². The summed E-state index contributed by atoms with van der Waals surface area (Å²) in [5.74, 6) is 0.899. The maximum Gasteiger partial charge on any atom is 0.147 e. The van der Waals surface area contributed by atoms with Crippen molar-refractivity contribution in [1.29, 1.82) is 0 Å². The van der Waals surface area contributed by atoms with Gasteiger partial charge in [-0.15, -0.1) is 0 Å². The van der Waals surface area contributed by atoms with Crippen LogP contribution in [-0.4, -0.2) is 18.7 Å². The normalized spacial score (nSPS) is 22.7. The molecule has 0 spiro atoms. The highest BCUT2D eigenvalue weighted by atomic mass is 79.9. The Labute approximate surface area is 132 Å². The summed E-state index contributed by atoms with van der Waals surface area (Å²) in [5, 5.41) is 3.69. The van der Waals surface area contributed by atoms with Crippen LogP contribution in [0.5, 0.6) is 5.75 Å². The van der Waals surface area contributed by atoms with Gasteiger partial charge in [-0.05, 0) is 88.7 Å². The minimum atomic E-state index is 0.284. The van der Waals surface area contributed by atoms with Gasteiger partial charge in [-0.3, -0.25) is 0 Å². The van der Waals surface area contributed by atoms with Crippen molar-refractivity contribution in [3.8, 4) is 5.75 Å². The fourth-order valence-electron chi connectivity index (χ4n) is 2.83. The Hall–Kier alpha value is -0.0600. The lowest BCUT2D eigenvalue weighted by atomic mass is 9.87. The monoisotopic (exact) mass is 389 g/mol. The second-order valence-electron chi connectivity index (χ2n) is 5.16. The number of halogens is 2. The Balaban J connectivity index is 2.21. The number of hydrogen-bond donors (Lipinski definition) is 1. The largest absolute Gasteiger partial charge is 0.492 e. The maximum atomic E-state index is 5.63. The predicted octanol–water partition coefficient (Wildman–Crippen LogP) is 4.69. The number of hydrogen-bond acceptors (Lipinski definition) is 2. The van der Waals surface area contributed by atoms with Crippen LogP contribution in [0.3, 0.4) is 0 Å². The van der Waals surface area contributed by atoms with Crippen LogP contribution in [0.4, 0.5) is 0 Å². The highest BCUT2D eigenvalue weighted by molar-refractivity contribution is 9.11. The van der Waals surface area contributed by atoms with Gasteiger partial charge in [0.25, 0.3) is 0 Å². The molecule has 2 rings (SSSR count). The molecule has 1 aliphatic rings. The van der Waals surface area contributed by atoms with Gasteiger partial charge in [0, 0.05) is 5.54 Å². The zero-order valence-electron chi connectivity index (χ0n) is 11.6. The van der Waals surface area contributed by atoms with Gasteiger partial charge in [0.15, 0.2) is 0 Å². The molecule has 1 atom stereocenters. The molecule has 4 heteroatoms. The summed E-state index contributed by atoms with van der Waals surface area (Å²) in [6, 6.07) is 4.38. The molecular formula is C15H21Br2NO. The van der Waals surface area contributed by atoms with E-state index >= 15 is 0 Å². The average Bonchev–Trinajstić information content (AvgIpc) is 2.83. The van der Waals surface area contributed by atoms with E-state index in [4.69, 9.17) is 4.74 Å². The van der Waals surface area contributed by atoms with Crippen LogP contribution >= 0.6 is 31.9 Å². The molecule has 1 aromatic carbocycles. The number of rotatable bonds is 5. The number of benzene rings is 1. The van der Waals surface area contributed by atoms with Crippen molar-refractivity contribution in [3.63, 3.8) is 0 Å². The fraction of sp³-hybridized carbons (Fsp3) is 0.600. The van der Waals surface area contributed by atoms with Crippen LogP contribution in [-0.2, 0) is 6.42 Å². The van der Waals surface area contributed by atoms with Crippen LogP contribution in [0.2, 0.25) is 0 Å². The molecule has 1 N–H and O–H groups in total. The summed E-state index contributed by atoms with van der Waals surface area (Å²) >= 11 is 7.22. The van der Waals surface area contributed by atoms with Gasteiger partial charge in [0.05, 0.1) is 15.6 Å². The van der Waals surface area contributed by atoms with Crippen molar-refractivity contribution >= 4 is 31.9 Å². The molecule has 0 aromatic heterocycles. The van der Waals surface area contributed by atoms with Gasteiger partial charge in [-0.1, -0.05) is 6.92 Å². The van der Waals surface area contributed by atoms with E-state index in [-0.39, 0.29) is 5.54 Å². The van der Waals surface area contributed by atoms with Gasteiger partial charge in [-0.2, -0.15) is 0 Å². The predicted molar refractivity (Wildman–Crippen MR) is 87.0 cm³/mol. The van der Waals surface area contributed by atoms with Gasteiger partial charge in [0.1, 0.15) is 5.75 Å². The van der Waals surface area contributed by atoms with Gasteiger partial charge in [0.2, 0.25) is 0 Å². The molecule has 1 aromatic rings. The van der Waals surface area contributed by atoms with Crippen LogP contribution < -0.4 is 10.1 Å². The lowest BCUT2D eigenvalue weighted by Gasteiger charge is -2.28. The summed E-state index contributed by atoms with van der Waals surface area (Å²) in [4.78, 5) is 0. The van der Waals surface area contributed by atoms with E-state index in [0.29, 0.717) is 6.61 Å².